The predicted molar refractivity (Wildman–Crippen MR) is 145 cm³/mol. The summed E-state index contributed by atoms with van der Waals surface area (Å²) in [5.41, 5.74) is 0.00820. The Balaban J connectivity index is 1.38. The largest absolute Gasteiger partial charge is 0.550 e. The van der Waals surface area contributed by atoms with Crippen LogP contribution in [-0.2, 0) is 22.4 Å². The van der Waals surface area contributed by atoms with Gasteiger partial charge in [-0.2, -0.15) is 0 Å². The van der Waals surface area contributed by atoms with Crippen molar-refractivity contribution in [3.8, 4) is 11.5 Å². The number of quaternary nitrogens is 1. The molecule has 0 saturated carbocycles. The second kappa shape index (κ2) is 10.6. The second-order valence-corrected chi connectivity index (χ2v) is 12.7. The lowest BCUT2D eigenvalue weighted by molar-refractivity contribution is -0.896. The number of nitrogens with zero attached hydrogens (tertiary/aromatic N) is 3. The molecule has 1 aromatic heterocycles. The predicted octanol–water partition coefficient (Wildman–Crippen LogP) is 3.34. The number of ether oxygens (including phenoxy) is 2. The molecule has 1 amide bonds. The summed E-state index contributed by atoms with van der Waals surface area (Å²) >= 11 is 1.26. The average Bonchev–Trinajstić information content (AvgIpc) is 3.47. The van der Waals surface area contributed by atoms with Gasteiger partial charge in [-0.15, -0.1) is 0 Å². The Labute approximate surface area is 235 Å². The maximum atomic E-state index is 13.9. The van der Waals surface area contributed by atoms with Gasteiger partial charge in [0.05, 0.1) is 56.5 Å². The maximum Gasteiger partial charge on any atom is 0.235 e. The molecule has 5 rings (SSSR count). The Morgan fingerprint density at radius 2 is 1.73 bits per heavy atom. The number of thiazole rings is 1. The molecule has 0 N–H and O–H groups in total. The fourth-order valence-corrected chi connectivity index (χ4v) is 6.79. The van der Waals surface area contributed by atoms with Crippen LogP contribution in [0.25, 0.3) is 10.2 Å². The maximum absolute atomic E-state index is 13.9. The number of aromatic nitrogens is 1. The number of aliphatic carboxylic acids is 1. The van der Waals surface area contributed by atoms with Crippen molar-refractivity contribution in [3.05, 3.63) is 47.0 Å². The zero-order valence-electron chi connectivity index (χ0n) is 23.1. The van der Waals surface area contributed by atoms with Crippen LogP contribution < -0.4 is 19.5 Å². The van der Waals surface area contributed by atoms with Gasteiger partial charge in [-0.25, -0.2) is 13.8 Å². The third kappa shape index (κ3) is 5.49. The van der Waals surface area contributed by atoms with Crippen molar-refractivity contribution in [1.29, 1.82) is 0 Å². The van der Waals surface area contributed by atoms with Crippen LogP contribution in [0.5, 0.6) is 11.5 Å². The van der Waals surface area contributed by atoms with Gasteiger partial charge in [0.25, 0.3) is 0 Å². The normalized spacial score (nSPS) is 17.9. The lowest BCUT2D eigenvalue weighted by Gasteiger charge is -2.37. The Bertz CT molecular complexity index is 1430. The number of carbonyl (C=O) groups is 2. The number of benzene rings is 2. The van der Waals surface area contributed by atoms with E-state index in [4.69, 9.17) is 9.47 Å². The molecule has 40 heavy (non-hydrogen) atoms. The lowest BCUT2D eigenvalue weighted by atomic mass is 9.80. The van der Waals surface area contributed by atoms with Crippen molar-refractivity contribution < 1.29 is 37.4 Å². The van der Waals surface area contributed by atoms with Gasteiger partial charge in [0, 0.05) is 50.3 Å². The van der Waals surface area contributed by atoms with Crippen molar-refractivity contribution in [2.24, 2.45) is 11.3 Å². The summed E-state index contributed by atoms with van der Waals surface area (Å²) in [6.07, 6.45) is 1.52. The van der Waals surface area contributed by atoms with Gasteiger partial charge in [0.15, 0.2) is 28.3 Å². The summed E-state index contributed by atoms with van der Waals surface area (Å²) in [4.78, 5) is 31.5. The molecule has 11 heteroatoms. The molecule has 2 aromatic carbocycles. The summed E-state index contributed by atoms with van der Waals surface area (Å²) in [5.74, 6) is -2.39. The lowest BCUT2D eigenvalue weighted by Crippen LogP contribution is -2.46. The van der Waals surface area contributed by atoms with Gasteiger partial charge >= 0.3 is 0 Å². The van der Waals surface area contributed by atoms with E-state index in [1.54, 1.807) is 13.2 Å². The number of hydrogen-bond donors (Lipinski definition) is 0. The second-order valence-electron chi connectivity index (χ2n) is 11.7. The highest BCUT2D eigenvalue weighted by atomic mass is 32.1. The SMILES string of the molecule is COc1cc2sc(N(C)C(=O)C3(CC(=O)[O-])Cc4cc(F)c(F)cc4C3)nc2cc1OCC1CC[N+](C)(C)CC1. The fourth-order valence-electron chi connectivity index (χ4n) is 5.85. The van der Waals surface area contributed by atoms with E-state index in [-0.39, 0.29) is 12.8 Å². The Kier molecular flexibility index (Phi) is 7.47. The van der Waals surface area contributed by atoms with E-state index in [0.717, 1.165) is 47.2 Å². The molecule has 2 heterocycles. The number of halogens is 2. The van der Waals surface area contributed by atoms with Crippen molar-refractivity contribution in [2.45, 2.75) is 32.1 Å². The van der Waals surface area contributed by atoms with E-state index in [1.165, 1.54) is 23.3 Å². The number of carbonyl (C=O) groups excluding carboxylic acids is 2. The first kappa shape index (κ1) is 28.2. The minimum absolute atomic E-state index is 0.0371. The smallest absolute Gasteiger partial charge is 0.235 e. The topological polar surface area (TPSA) is 91.8 Å². The summed E-state index contributed by atoms with van der Waals surface area (Å²) in [6, 6.07) is 5.68. The number of fused-ring (bicyclic) bond motifs is 2. The van der Waals surface area contributed by atoms with Gasteiger partial charge in [0.1, 0.15) is 0 Å². The molecule has 214 valence electrons. The van der Waals surface area contributed by atoms with Crippen molar-refractivity contribution in [1.82, 2.24) is 4.98 Å². The Hall–Kier alpha value is -3.31. The quantitative estimate of drug-likeness (QED) is 0.384. The number of carboxylic acids is 1. The minimum Gasteiger partial charge on any atom is -0.550 e. The molecule has 0 radical (unpaired) electrons. The van der Waals surface area contributed by atoms with Crippen molar-refractivity contribution >= 4 is 38.6 Å². The number of methoxy groups -OCH3 is 1. The van der Waals surface area contributed by atoms with E-state index in [2.05, 4.69) is 19.1 Å². The summed E-state index contributed by atoms with van der Waals surface area (Å²) in [7, 11) is 7.57. The molecule has 1 aliphatic heterocycles. The van der Waals surface area contributed by atoms with Crippen LogP contribution in [0.1, 0.15) is 30.4 Å². The van der Waals surface area contributed by atoms with E-state index < -0.39 is 35.3 Å². The van der Waals surface area contributed by atoms with Gasteiger partial charge in [-0.3, -0.25) is 9.69 Å². The third-order valence-electron chi connectivity index (χ3n) is 8.25. The molecule has 3 aromatic rings. The highest BCUT2D eigenvalue weighted by Gasteiger charge is 2.46. The van der Waals surface area contributed by atoms with Crippen LogP contribution in [0.4, 0.5) is 13.9 Å². The van der Waals surface area contributed by atoms with Crippen molar-refractivity contribution in [3.63, 3.8) is 0 Å². The molecule has 1 aliphatic carbocycles. The van der Waals surface area contributed by atoms with Crippen LogP contribution in [0, 0.1) is 23.0 Å². The molecule has 8 nitrogen and oxygen atoms in total. The van der Waals surface area contributed by atoms with Crippen LogP contribution in [0.2, 0.25) is 0 Å². The standard InChI is InChI=1S/C29H33F2N3O5S/c1-33(27(37)29(15-26(35)36)13-18-9-20(30)21(31)10-19(18)14-29)28-32-22-11-24(23(38-4)12-25(22)40-28)39-16-17-5-7-34(2,3)8-6-17/h9-12,17H,5-8,13-16H2,1-4H3. The molecular formula is C29H33F2N3O5S. The third-order valence-corrected chi connectivity index (χ3v) is 9.35. The summed E-state index contributed by atoms with van der Waals surface area (Å²) in [6.45, 7) is 2.79. The Morgan fingerprint density at radius 3 is 2.30 bits per heavy atom. The van der Waals surface area contributed by atoms with Gasteiger partial charge in [0.2, 0.25) is 5.91 Å². The highest BCUT2D eigenvalue weighted by Crippen LogP contribution is 2.44. The molecule has 2 aliphatic rings. The zero-order valence-corrected chi connectivity index (χ0v) is 23.9. The molecule has 0 unspecified atom stereocenters. The van der Waals surface area contributed by atoms with E-state index in [1.807, 2.05) is 6.07 Å². The number of anilines is 1. The molecular weight excluding hydrogens is 540 g/mol. The van der Waals surface area contributed by atoms with Crippen LogP contribution in [0.15, 0.2) is 24.3 Å². The van der Waals surface area contributed by atoms with Crippen LogP contribution >= 0.6 is 11.3 Å². The van der Waals surface area contributed by atoms with Crippen molar-refractivity contribution in [2.75, 3.05) is 52.8 Å². The number of rotatable bonds is 8. The van der Waals surface area contributed by atoms with Gasteiger partial charge in [-0.1, -0.05) is 11.3 Å². The van der Waals surface area contributed by atoms with Crippen LogP contribution in [0.3, 0.4) is 0 Å². The molecule has 1 saturated heterocycles. The molecule has 0 atom stereocenters. The summed E-state index contributed by atoms with van der Waals surface area (Å²) < 4.78 is 41.3. The first-order chi connectivity index (χ1) is 18.9. The number of piperidine rings is 1. The van der Waals surface area contributed by atoms with Gasteiger partial charge in [-0.05, 0) is 36.1 Å². The average molecular weight is 574 g/mol. The zero-order chi connectivity index (χ0) is 28.8. The first-order valence-electron chi connectivity index (χ1n) is 13.3. The van der Waals surface area contributed by atoms with E-state index in [9.17, 15) is 23.5 Å². The molecule has 1 fully saturated rings. The van der Waals surface area contributed by atoms with Crippen LogP contribution in [-0.4, -0.2) is 69.3 Å². The first-order valence-corrected chi connectivity index (χ1v) is 14.1. The Morgan fingerprint density at radius 1 is 1.10 bits per heavy atom. The number of likely N-dealkylation sites (tertiary alicyclic amines) is 1. The van der Waals surface area contributed by atoms with E-state index in [0.29, 0.717) is 45.8 Å². The minimum atomic E-state index is -1.44. The van der Waals surface area contributed by atoms with E-state index >= 15 is 0 Å². The monoisotopic (exact) mass is 573 g/mol. The molecule has 0 spiro atoms. The number of hydrogen-bond acceptors (Lipinski definition) is 7. The fraction of sp³-hybridized carbons (Fsp3) is 0.483. The summed E-state index contributed by atoms with van der Waals surface area (Å²) in [5, 5.41) is 12.1. The number of amides is 1. The highest BCUT2D eigenvalue weighted by molar-refractivity contribution is 7.22. The van der Waals surface area contributed by atoms with Gasteiger partial charge < -0.3 is 23.9 Å². The number of carboxylic acid groups (broad SMARTS) is 1. The molecule has 0 bridgehead atoms.